The predicted octanol–water partition coefficient (Wildman–Crippen LogP) is 1.45. The number of hydrazine groups is 1. The number of nitrogens with zero attached hydrogens (tertiary/aromatic N) is 1. The first kappa shape index (κ1) is 18.5. The van der Waals surface area contributed by atoms with Crippen molar-refractivity contribution in [3.8, 4) is 11.5 Å². The van der Waals surface area contributed by atoms with E-state index in [0.29, 0.717) is 28.7 Å². The van der Waals surface area contributed by atoms with Gasteiger partial charge in [-0.05, 0) is 48.5 Å². The molecule has 1 amide bonds. The molecule has 0 saturated heterocycles. The second kappa shape index (κ2) is 9.43. The van der Waals surface area contributed by atoms with Crippen molar-refractivity contribution in [2.45, 2.75) is 6.42 Å². The van der Waals surface area contributed by atoms with Gasteiger partial charge in [0, 0.05) is 18.9 Å². The predicted molar refractivity (Wildman–Crippen MR) is 98.7 cm³/mol. The molecule has 0 spiro atoms. The zero-order valence-corrected chi connectivity index (χ0v) is 14.9. The van der Waals surface area contributed by atoms with Gasteiger partial charge in [0.15, 0.2) is 16.6 Å². The van der Waals surface area contributed by atoms with E-state index < -0.39 is 0 Å². The van der Waals surface area contributed by atoms with Crippen LogP contribution in [0.15, 0.2) is 42.7 Å². The highest BCUT2D eigenvalue weighted by atomic mass is 32.1. The highest BCUT2D eigenvalue weighted by Crippen LogP contribution is 2.27. The van der Waals surface area contributed by atoms with Crippen LogP contribution >= 0.6 is 12.2 Å². The monoisotopic (exact) mass is 360 g/mol. The van der Waals surface area contributed by atoms with Gasteiger partial charge in [0.2, 0.25) is 0 Å². The summed E-state index contributed by atoms with van der Waals surface area (Å²) >= 11 is 5.13. The molecule has 0 aliphatic carbocycles. The van der Waals surface area contributed by atoms with Gasteiger partial charge in [0.05, 0.1) is 19.8 Å². The number of nitrogens with one attached hydrogen (secondary N) is 3. The Morgan fingerprint density at radius 1 is 1.16 bits per heavy atom. The molecular formula is C17H20N4O3S. The maximum Gasteiger partial charge on any atom is 0.271 e. The third-order valence-corrected chi connectivity index (χ3v) is 3.61. The van der Waals surface area contributed by atoms with Crippen LogP contribution in [0.3, 0.4) is 0 Å². The molecule has 132 valence electrons. The molecule has 0 atom stereocenters. The van der Waals surface area contributed by atoms with Crippen LogP contribution in [0.4, 0.5) is 0 Å². The number of benzene rings is 1. The Balaban J connectivity index is 1.74. The minimum absolute atomic E-state index is 0.308. The van der Waals surface area contributed by atoms with Crippen molar-refractivity contribution in [2.24, 2.45) is 0 Å². The molecule has 25 heavy (non-hydrogen) atoms. The number of hydrogen-bond acceptors (Lipinski definition) is 5. The zero-order valence-electron chi connectivity index (χ0n) is 14.0. The lowest BCUT2D eigenvalue weighted by atomic mass is 10.1. The summed E-state index contributed by atoms with van der Waals surface area (Å²) in [6.45, 7) is 0.601. The maximum atomic E-state index is 11.8. The number of amides is 1. The first-order chi connectivity index (χ1) is 12.1. The van der Waals surface area contributed by atoms with E-state index >= 15 is 0 Å². The fraction of sp³-hybridized carbons (Fsp3) is 0.235. The minimum atomic E-state index is -0.308. The topological polar surface area (TPSA) is 84.5 Å². The van der Waals surface area contributed by atoms with Gasteiger partial charge in [-0.15, -0.1) is 0 Å². The van der Waals surface area contributed by atoms with Gasteiger partial charge in [0.25, 0.3) is 5.91 Å². The van der Waals surface area contributed by atoms with Crippen LogP contribution in [-0.2, 0) is 6.42 Å². The minimum Gasteiger partial charge on any atom is -0.493 e. The van der Waals surface area contributed by atoms with Crippen molar-refractivity contribution >= 4 is 23.2 Å². The average Bonchev–Trinajstić information content (AvgIpc) is 2.66. The summed E-state index contributed by atoms with van der Waals surface area (Å²) in [5, 5.41) is 3.35. The van der Waals surface area contributed by atoms with E-state index in [4.69, 9.17) is 21.7 Å². The normalized spacial score (nSPS) is 9.84. The molecule has 0 fully saturated rings. The first-order valence-electron chi connectivity index (χ1n) is 7.59. The van der Waals surface area contributed by atoms with Crippen molar-refractivity contribution in [1.29, 1.82) is 0 Å². The number of hydrogen-bond donors (Lipinski definition) is 3. The molecular weight excluding hydrogens is 340 g/mol. The molecule has 3 N–H and O–H groups in total. The second-order valence-electron chi connectivity index (χ2n) is 5.02. The SMILES string of the molecule is COc1ccc(CCNC(=S)NNC(=O)c2cccnc2)cc1OC. The molecule has 0 bridgehead atoms. The maximum absolute atomic E-state index is 11.8. The second-order valence-corrected chi connectivity index (χ2v) is 5.42. The Kier molecular flexibility index (Phi) is 6.97. The fourth-order valence-corrected chi connectivity index (χ4v) is 2.24. The quantitative estimate of drug-likeness (QED) is 0.531. The zero-order chi connectivity index (χ0) is 18.1. The van der Waals surface area contributed by atoms with Gasteiger partial charge in [-0.3, -0.25) is 20.6 Å². The van der Waals surface area contributed by atoms with Gasteiger partial charge >= 0.3 is 0 Å². The summed E-state index contributed by atoms with van der Waals surface area (Å²) in [5.41, 5.74) is 6.69. The number of ether oxygens (including phenoxy) is 2. The summed E-state index contributed by atoms with van der Waals surface area (Å²) in [4.78, 5) is 15.7. The van der Waals surface area contributed by atoms with E-state index in [1.807, 2.05) is 18.2 Å². The van der Waals surface area contributed by atoms with Gasteiger partial charge in [-0.1, -0.05) is 6.07 Å². The Labute approximate surface area is 151 Å². The molecule has 0 aliphatic heterocycles. The molecule has 1 heterocycles. The molecule has 0 aliphatic rings. The van der Waals surface area contributed by atoms with E-state index in [1.54, 1.807) is 32.5 Å². The van der Waals surface area contributed by atoms with Gasteiger partial charge in [0.1, 0.15) is 0 Å². The highest BCUT2D eigenvalue weighted by molar-refractivity contribution is 7.80. The standard InChI is InChI=1S/C17H20N4O3S/c1-23-14-6-5-12(10-15(14)24-2)7-9-19-17(25)21-20-16(22)13-4-3-8-18-11-13/h3-6,8,10-11H,7,9H2,1-2H3,(H,20,22)(H2,19,21,25). The van der Waals surface area contributed by atoms with Crippen LogP contribution in [0.1, 0.15) is 15.9 Å². The lowest BCUT2D eigenvalue weighted by molar-refractivity contribution is 0.0943. The third-order valence-electron chi connectivity index (χ3n) is 3.36. The van der Waals surface area contributed by atoms with Crippen LogP contribution in [0, 0.1) is 0 Å². The third kappa shape index (κ3) is 5.61. The molecule has 0 radical (unpaired) electrons. The molecule has 1 aromatic heterocycles. The van der Waals surface area contributed by atoms with Crippen molar-refractivity contribution in [3.05, 3.63) is 53.9 Å². The molecule has 2 aromatic rings. The van der Waals surface area contributed by atoms with E-state index in [9.17, 15) is 4.79 Å². The lowest BCUT2D eigenvalue weighted by Gasteiger charge is -2.12. The Bertz CT molecular complexity index is 725. The number of rotatable bonds is 6. The fourth-order valence-electron chi connectivity index (χ4n) is 2.08. The summed E-state index contributed by atoms with van der Waals surface area (Å²) in [5.74, 6) is 1.07. The molecule has 2 rings (SSSR count). The van der Waals surface area contributed by atoms with Crippen LogP contribution in [0.25, 0.3) is 0 Å². The number of carbonyl (C=O) groups excluding carboxylic acids is 1. The van der Waals surface area contributed by atoms with Crippen LogP contribution < -0.4 is 25.6 Å². The number of carbonyl (C=O) groups is 1. The van der Waals surface area contributed by atoms with Crippen molar-refractivity contribution in [2.75, 3.05) is 20.8 Å². The molecule has 0 saturated carbocycles. The molecule has 7 nitrogen and oxygen atoms in total. The molecule has 8 heteroatoms. The first-order valence-corrected chi connectivity index (χ1v) is 8.00. The smallest absolute Gasteiger partial charge is 0.271 e. The Hall–Kier alpha value is -2.87. The van der Waals surface area contributed by atoms with Gasteiger partial charge in [-0.2, -0.15) is 0 Å². The summed E-state index contributed by atoms with van der Waals surface area (Å²) in [6.07, 6.45) is 3.81. The number of thiocarbonyl (C=S) groups is 1. The Morgan fingerprint density at radius 3 is 2.64 bits per heavy atom. The Morgan fingerprint density at radius 2 is 1.96 bits per heavy atom. The summed E-state index contributed by atoms with van der Waals surface area (Å²) in [7, 11) is 3.20. The largest absolute Gasteiger partial charge is 0.493 e. The van der Waals surface area contributed by atoms with Gasteiger partial charge < -0.3 is 14.8 Å². The highest BCUT2D eigenvalue weighted by Gasteiger charge is 2.06. The number of pyridine rings is 1. The average molecular weight is 360 g/mol. The van der Waals surface area contributed by atoms with Gasteiger partial charge in [-0.25, -0.2) is 0 Å². The lowest BCUT2D eigenvalue weighted by Crippen LogP contribution is -2.47. The number of aromatic nitrogens is 1. The summed E-state index contributed by atoms with van der Waals surface area (Å²) < 4.78 is 10.5. The van der Waals surface area contributed by atoms with E-state index in [2.05, 4.69) is 21.2 Å². The van der Waals surface area contributed by atoms with Crippen LogP contribution in [0.2, 0.25) is 0 Å². The van der Waals surface area contributed by atoms with Crippen molar-refractivity contribution in [1.82, 2.24) is 21.2 Å². The molecule has 0 unspecified atom stereocenters. The molecule has 1 aromatic carbocycles. The van der Waals surface area contributed by atoms with Crippen molar-refractivity contribution in [3.63, 3.8) is 0 Å². The van der Waals surface area contributed by atoms with E-state index in [1.165, 1.54) is 6.20 Å². The van der Waals surface area contributed by atoms with E-state index in [-0.39, 0.29) is 5.91 Å². The number of methoxy groups -OCH3 is 2. The van der Waals surface area contributed by atoms with Crippen LogP contribution in [0.5, 0.6) is 11.5 Å². The van der Waals surface area contributed by atoms with Crippen LogP contribution in [-0.4, -0.2) is 36.8 Å². The van der Waals surface area contributed by atoms with E-state index in [0.717, 1.165) is 12.0 Å². The summed E-state index contributed by atoms with van der Waals surface area (Å²) in [6, 6.07) is 9.09. The van der Waals surface area contributed by atoms with Crippen molar-refractivity contribution < 1.29 is 14.3 Å².